The minimum atomic E-state index is -0.537. The van der Waals surface area contributed by atoms with Gasteiger partial charge in [0.25, 0.3) is 0 Å². The van der Waals surface area contributed by atoms with Crippen molar-refractivity contribution in [3.05, 3.63) is 30.0 Å². The van der Waals surface area contributed by atoms with Gasteiger partial charge in [-0.3, -0.25) is 4.98 Å². The van der Waals surface area contributed by atoms with Gasteiger partial charge in [0, 0.05) is 12.4 Å². The summed E-state index contributed by atoms with van der Waals surface area (Å²) in [5.41, 5.74) is 0.971. The van der Waals surface area contributed by atoms with E-state index in [1.807, 2.05) is 6.92 Å². The summed E-state index contributed by atoms with van der Waals surface area (Å²) in [6, 6.07) is 1.68. The highest BCUT2D eigenvalue weighted by Crippen LogP contribution is 2.19. The van der Waals surface area contributed by atoms with Gasteiger partial charge in [-0.2, -0.15) is 0 Å². The number of alkyl carbamates (subject to hydrolysis) is 1. The van der Waals surface area contributed by atoms with Gasteiger partial charge in [0.2, 0.25) is 0 Å². The van der Waals surface area contributed by atoms with Crippen molar-refractivity contribution in [3.63, 3.8) is 0 Å². The summed E-state index contributed by atoms with van der Waals surface area (Å²) in [4.78, 5) is 18.1. The van der Waals surface area contributed by atoms with Gasteiger partial charge in [-0.25, -0.2) is 9.18 Å². The summed E-state index contributed by atoms with van der Waals surface area (Å²) >= 11 is 0. The average Bonchev–Trinajstić information content (AvgIpc) is 2.74. The van der Waals surface area contributed by atoms with Crippen LogP contribution in [0.25, 0.3) is 10.9 Å². The van der Waals surface area contributed by atoms with Gasteiger partial charge in [0.1, 0.15) is 0 Å². The molecule has 19 heavy (non-hydrogen) atoms. The van der Waals surface area contributed by atoms with Gasteiger partial charge in [0.05, 0.1) is 29.7 Å². The van der Waals surface area contributed by atoms with Crippen molar-refractivity contribution in [2.75, 3.05) is 6.61 Å². The number of rotatable bonds is 5. The Morgan fingerprint density at radius 2 is 2.42 bits per heavy atom. The van der Waals surface area contributed by atoms with Crippen molar-refractivity contribution in [2.24, 2.45) is 0 Å². The molecule has 1 amide bonds. The maximum Gasteiger partial charge on any atom is 0.407 e. The van der Waals surface area contributed by atoms with E-state index in [2.05, 4.69) is 15.3 Å². The van der Waals surface area contributed by atoms with Crippen LogP contribution < -0.4 is 5.32 Å². The van der Waals surface area contributed by atoms with Crippen LogP contribution in [-0.4, -0.2) is 22.7 Å². The molecular formula is C13H16FN3O2. The SMILES string of the molecule is CCCCOC(=O)NCc1[nH]c2ccncc2c1F. The van der Waals surface area contributed by atoms with E-state index in [9.17, 15) is 9.18 Å². The maximum absolute atomic E-state index is 13.9. The lowest BCUT2D eigenvalue weighted by Gasteiger charge is -2.05. The molecule has 2 rings (SSSR count). The Hall–Kier alpha value is -2.11. The number of hydrogen-bond acceptors (Lipinski definition) is 3. The van der Waals surface area contributed by atoms with E-state index in [1.165, 1.54) is 6.20 Å². The van der Waals surface area contributed by atoms with E-state index in [4.69, 9.17) is 4.74 Å². The molecule has 2 heterocycles. The second-order valence-corrected chi connectivity index (χ2v) is 4.18. The zero-order valence-corrected chi connectivity index (χ0v) is 10.7. The molecular weight excluding hydrogens is 249 g/mol. The number of fused-ring (bicyclic) bond motifs is 1. The summed E-state index contributed by atoms with van der Waals surface area (Å²) in [5, 5.41) is 2.92. The molecule has 2 aromatic rings. The van der Waals surface area contributed by atoms with Crippen LogP contribution in [0.5, 0.6) is 0 Å². The summed E-state index contributed by atoms with van der Waals surface area (Å²) in [6.07, 6.45) is 4.26. The fourth-order valence-electron chi connectivity index (χ4n) is 1.70. The first-order valence-electron chi connectivity index (χ1n) is 6.23. The number of pyridine rings is 1. The normalized spacial score (nSPS) is 10.6. The molecule has 0 aromatic carbocycles. The van der Waals surface area contributed by atoms with Crippen LogP contribution in [0.1, 0.15) is 25.5 Å². The largest absolute Gasteiger partial charge is 0.450 e. The Kier molecular flexibility index (Phi) is 4.33. The van der Waals surface area contributed by atoms with Crippen LogP contribution in [0.3, 0.4) is 0 Å². The first-order chi connectivity index (χ1) is 9.22. The quantitative estimate of drug-likeness (QED) is 0.817. The molecule has 0 atom stereocenters. The number of unbranched alkanes of at least 4 members (excludes halogenated alkanes) is 1. The Morgan fingerprint density at radius 1 is 1.58 bits per heavy atom. The first-order valence-corrected chi connectivity index (χ1v) is 6.23. The number of carbonyl (C=O) groups is 1. The highest BCUT2D eigenvalue weighted by atomic mass is 19.1. The molecule has 0 bridgehead atoms. The zero-order chi connectivity index (χ0) is 13.7. The fourth-order valence-corrected chi connectivity index (χ4v) is 1.70. The third-order valence-electron chi connectivity index (χ3n) is 2.75. The lowest BCUT2D eigenvalue weighted by atomic mass is 10.3. The van der Waals surface area contributed by atoms with Gasteiger partial charge in [-0.05, 0) is 12.5 Å². The van der Waals surface area contributed by atoms with Gasteiger partial charge in [-0.1, -0.05) is 13.3 Å². The van der Waals surface area contributed by atoms with E-state index in [0.29, 0.717) is 23.2 Å². The molecule has 0 unspecified atom stereocenters. The topological polar surface area (TPSA) is 67.0 Å². The molecule has 102 valence electrons. The number of hydrogen-bond donors (Lipinski definition) is 2. The number of H-pyrrole nitrogens is 1. The Morgan fingerprint density at radius 3 is 3.16 bits per heavy atom. The molecule has 6 heteroatoms. The number of nitrogens with one attached hydrogen (secondary N) is 2. The zero-order valence-electron chi connectivity index (χ0n) is 10.7. The van der Waals surface area contributed by atoms with Crippen molar-refractivity contribution in [1.82, 2.24) is 15.3 Å². The number of nitrogens with zero attached hydrogens (tertiary/aromatic N) is 1. The Bertz CT molecular complexity index is 568. The smallest absolute Gasteiger partial charge is 0.407 e. The number of aromatic amines is 1. The first kappa shape index (κ1) is 13.3. The standard InChI is InChI=1S/C13H16FN3O2/c1-2-3-6-19-13(18)16-8-11-12(14)9-7-15-5-4-10(9)17-11/h4-5,7,17H,2-3,6,8H2,1H3,(H,16,18). The summed E-state index contributed by atoms with van der Waals surface area (Å²) in [7, 11) is 0. The predicted molar refractivity (Wildman–Crippen MR) is 69.1 cm³/mol. The van der Waals surface area contributed by atoms with Crippen LogP contribution >= 0.6 is 0 Å². The molecule has 0 saturated carbocycles. The van der Waals surface area contributed by atoms with Crippen molar-refractivity contribution in [2.45, 2.75) is 26.3 Å². The third kappa shape index (κ3) is 3.21. The highest BCUT2D eigenvalue weighted by Gasteiger charge is 2.12. The summed E-state index contributed by atoms with van der Waals surface area (Å²) in [6.45, 7) is 2.45. The van der Waals surface area contributed by atoms with Crippen LogP contribution in [0.4, 0.5) is 9.18 Å². The number of halogens is 1. The maximum atomic E-state index is 13.9. The number of amides is 1. The third-order valence-corrected chi connectivity index (χ3v) is 2.75. The molecule has 0 fully saturated rings. The molecule has 0 aliphatic rings. The molecule has 0 aliphatic heterocycles. The molecule has 2 N–H and O–H groups in total. The lowest BCUT2D eigenvalue weighted by molar-refractivity contribution is 0.144. The fraction of sp³-hybridized carbons (Fsp3) is 0.385. The molecule has 0 aliphatic carbocycles. The second-order valence-electron chi connectivity index (χ2n) is 4.18. The molecule has 0 spiro atoms. The lowest BCUT2D eigenvalue weighted by Crippen LogP contribution is -2.24. The Labute approximate surface area is 110 Å². The summed E-state index contributed by atoms with van der Waals surface area (Å²) < 4.78 is 18.8. The minimum absolute atomic E-state index is 0.0610. The van der Waals surface area contributed by atoms with Gasteiger partial charge in [-0.15, -0.1) is 0 Å². The second kappa shape index (κ2) is 6.17. The van der Waals surface area contributed by atoms with Crippen LogP contribution in [-0.2, 0) is 11.3 Å². The van der Waals surface area contributed by atoms with Gasteiger partial charge < -0.3 is 15.0 Å². The van der Waals surface area contributed by atoms with Crippen molar-refractivity contribution >= 4 is 17.0 Å². The average molecular weight is 265 g/mol. The molecule has 0 radical (unpaired) electrons. The number of aromatic nitrogens is 2. The van der Waals surface area contributed by atoms with Crippen LogP contribution in [0, 0.1) is 5.82 Å². The molecule has 5 nitrogen and oxygen atoms in total. The van der Waals surface area contributed by atoms with Crippen molar-refractivity contribution < 1.29 is 13.9 Å². The van der Waals surface area contributed by atoms with E-state index in [1.54, 1.807) is 12.3 Å². The van der Waals surface area contributed by atoms with Crippen LogP contribution in [0.15, 0.2) is 18.5 Å². The predicted octanol–water partition coefficient (Wildman–Crippen LogP) is 2.73. The van der Waals surface area contributed by atoms with Crippen molar-refractivity contribution in [1.29, 1.82) is 0 Å². The minimum Gasteiger partial charge on any atom is -0.450 e. The van der Waals surface area contributed by atoms with Crippen LogP contribution in [0.2, 0.25) is 0 Å². The van der Waals surface area contributed by atoms with Crippen molar-refractivity contribution in [3.8, 4) is 0 Å². The molecule has 0 saturated heterocycles. The number of ether oxygens (including phenoxy) is 1. The monoisotopic (exact) mass is 265 g/mol. The number of carbonyl (C=O) groups excluding carboxylic acids is 1. The van der Waals surface area contributed by atoms with E-state index >= 15 is 0 Å². The van der Waals surface area contributed by atoms with Gasteiger partial charge in [0.15, 0.2) is 5.82 Å². The highest BCUT2D eigenvalue weighted by molar-refractivity contribution is 5.80. The Balaban J connectivity index is 1.94. The van der Waals surface area contributed by atoms with E-state index < -0.39 is 11.9 Å². The van der Waals surface area contributed by atoms with E-state index in [-0.39, 0.29) is 6.54 Å². The van der Waals surface area contributed by atoms with E-state index in [0.717, 1.165) is 12.8 Å². The molecule has 2 aromatic heterocycles. The summed E-state index contributed by atoms with van der Waals surface area (Å²) in [5.74, 6) is -0.392. The van der Waals surface area contributed by atoms with Gasteiger partial charge >= 0.3 is 6.09 Å².